The molecular formula is C9H11F2NO2. The Morgan fingerprint density at radius 1 is 1.29 bits per heavy atom. The zero-order chi connectivity index (χ0) is 10.7. The van der Waals surface area contributed by atoms with Crippen molar-refractivity contribution in [2.75, 3.05) is 6.54 Å². The lowest BCUT2D eigenvalue weighted by atomic mass is 9.98. The van der Waals surface area contributed by atoms with Gasteiger partial charge in [-0.1, -0.05) is 0 Å². The number of nitrogens with two attached hydrogens (primary N) is 1. The first-order chi connectivity index (χ1) is 6.56. The van der Waals surface area contributed by atoms with E-state index in [4.69, 9.17) is 10.8 Å². The van der Waals surface area contributed by atoms with Crippen LogP contribution in [0, 0.1) is 0 Å². The van der Waals surface area contributed by atoms with Gasteiger partial charge in [-0.25, -0.2) is 8.78 Å². The molecule has 1 aromatic carbocycles. The van der Waals surface area contributed by atoms with Crippen LogP contribution in [-0.2, 0) is 0 Å². The second kappa shape index (κ2) is 4.23. The molecule has 0 aromatic heterocycles. The van der Waals surface area contributed by atoms with Crippen LogP contribution in [0.2, 0.25) is 0 Å². The topological polar surface area (TPSA) is 66.5 Å². The molecule has 0 fully saturated rings. The van der Waals surface area contributed by atoms with Crippen LogP contribution in [-0.4, -0.2) is 23.2 Å². The molecule has 4 N–H and O–H groups in total. The monoisotopic (exact) mass is 203 g/mol. The normalized spacial score (nSPS) is 13.1. The summed E-state index contributed by atoms with van der Waals surface area (Å²) in [5.41, 5.74) is 5.13. The third kappa shape index (κ3) is 2.11. The van der Waals surface area contributed by atoms with E-state index in [9.17, 15) is 13.9 Å². The lowest BCUT2D eigenvalue weighted by molar-refractivity contribution is 0.115. The van der Waals surface area contributed by atoms with Crippen LogP contribution in [0.25, 0.3) is 0 Å². The molecule has 14 heavy (non-hydrogen) atoms. The van der Waals surface area contributed by atoms with E-state index in [2.05, 4.69) is 0 Å². The van der Waals surface area contributed by atoms with Gasteiger partial charge in [0.15, 0.2) is 0 Å². The average molecular weight is 203 g/mol. The number of phenolic OH excluding ortho intramolecular Hbond substituents is 2. The van der Waals surface area contributed by atoms with Gasteiger partial charge in [0, 0.05) is 12.1 Å². The fraction of sp³-hybridized carbons (Fsp3) is 0.333. The van der Waals surface area contributed by atoms with E-state index in [1.165, 1.54) is 6.07 Å². The number of phenols is 2. The van der Waals surface area contributed by atoms with Gasteiger partial charge in [-0.15, -0.1) is 0 Å². The Kier molecular flexibility index (Phi) is 3.24. The van der Waals surface area contributed by atoms with Crippen molar-refractivity contribution < 1.29 is 19.0 Å². The summed E-state index contributed by atoms with van der Waals surface area (Å²) >= 11 is 0. The molecule has 0 saturated heterocycles. The fourth-order valence-corrected chi connectivity index (χ4v) is 1.20. The van der Waals surface area contributed by atoms with E-state index in [0.29, 0.717) is 0 Å². The average Bonchev–Trinajstić information content (AvgIpc) is 2.11. The van der Waals surface area contributed by atoms with E-state index in [0.717, 1.165) is 12.1 Å². The maximum Gasteiger partial charge on any atom is 0.246 e. The lowest BCUT2D eigenvalue weighted by Gasteiger charge is -2.15. The lowest BCUT2D eigenvalue weighted by Crippen LogP contribution is -2.19. The number of halogens is 2. The molecule has 0 amide bonds. The number of benzene rings is 1. The van der Waals surface area contributed by atoms with Crippen LogP contribution >= 0.6 is 0 Å². The van der Waals surface area contributed by atoms with Crippen molar-refractivity contribution in [1.29, 1.82) is 0 Å². The molecule has 1 rings (SSSR count). The number of hydrogen-bond acceptors (Lipinski definition) is 3. The van der Waals surface area contributed by atoms with Crippen LogP contribution in [0.3, 0.4) is 0 Å². The molecule has 3 nitrogen and oxygen atoms in total. The Hall–Kier alpha value is -1.36. The largest absolute Gasteiger partial charge is 0.508 e. The van der Waals surface area contributed by atoms with Crippen LogP contribution in [0.4, 0.5) is 8.78 Å². The van der Waals surface area contributed by atoms with Crippen LogP contribution in [0.1, 0.15) is 11.5 Å². The van der Waals surface area contributed by atoms with E-state index >= 15 is 0 Å². The van der Waals surface area contributed by atoms with Gasteiger partial charge in [-0.2, -0.15) is 0 Å². The maximum atomic E-state index is 12.4. The molecule has 1 atom stereocenters. The van der Waals surface area contributed by atoms with Gasteiger partial charge >= 0.3 is 0 Å². The Labute approximate surface area is 79.8 Å². The zero-order valence-electron chi connectivity index (χ0n) is 7.32. The van der Waals surface area contributed by atoms with Gasteiger partial charge in [-0.3, -0.25) is 0 Å². The van der Waals surface area contributed by atoms with Crippen molar-refractivity contribution in [1.82, 2.24) is 0 Å². The molecular weight excluding hydrogens is 192 g/mol. The fourth-order valence-electron chi connectivity index (χ4n) is 1.20. The highest BCUT2D eigenvalue weighted by Crippen LogP contribution is 2.32. The Balaban J connectivity index is 3.08. The Bertz CT molecular complexity index is 318. The molecule has 5 heteroatoms. The standard InChI is InChI=1S/C9H11F2NO2/c10-9(11)7(4-12)6-3-5(13)1-2-8(6)14/h1-3,7,9,13-14H,4,12H2. The molecule has 0 heterocycles. The van der Waals surface area contributed by atoms with Crippen molar-refractivity contribution in [3.05, 3.63) is 23.8 Å². The van der Waals surface area contributed by atoms with Crippen LogP contribution in [0.15, 0.2) is 18.2 Å². The van der Waals surface area contributed by atoms with Crippen LogP contribution in [0.5, 0.6) is 11.5 Å². The Morgan fingerprint density at radius 2 is 1.93 bits per heavy atom. The van der Waals surface area contributed by atoms with Crippen molar-refractivity contribution in [3.8, 4) is 11.5 Å². The predicted molar refractivity (Wildman–Crippen MR) is 47.6 cm³/mol. The van der Waals surface area contributed by atoms with Crippen molar-refractivity contribution in [2.45, 2.75) is 12.3 Å². The third-order valence-electron chi connectivity index (χ3n) is 1.97. The highest BCUT2D eigenvalue weighted by atomic mass is 19.3. The summed E-state index contributed by atoms with van der Waals surface area (Å²) in [6.45, 7) is -0.283. The summed E-state index contributed by atoms with van der Waals surface area (Å²) in [6, 6.07) is 3.48. The molecule has 0 bridgehead atoms. The number of hydrogen-bond donors (Lipinski definition) is 3. The van der Waals surface area contributed by atoms with Gasteiger partial charge in [0.05, 0.1) is 5.92 Å². The summed E-state index contributed by atoms with van der Waals surface area (Å²) in [7, 11) is 0. The molecule has 0 saturated carbocycles. The minimum Gasteiger partial charge on any atom is -0.508 e. The first kappa shape index (κ1) is 10.7. The molecule has 1 unspecified atom stereocenters. The van der Waals surface area contributed by atoms with Crippen molar-refractivity contribution in [3.63, 3.8) is 0 Å². The molecule has 0 spiro atoms. The molecule has 0 aliphatic carbocycles. The van der Waals surface area contributed by atoms with E-state index in [-0.39, 0.29) is 23.6 Å². The molecule has 0 aliphatic heterocycles. The van der Waals surface area contributed by atoms with Crippen molar-refractivity contribution in [2.24, 2.45) is 5.73 Å². The van der Waals surface area contributed by atoms with Crippen LogP contribution < -0.4 is 5.73 Å². The first-order valence-electron chi connectivity index (χ1n) is 4.06. The van der Waals surface area contributed by atoms with Gasteiger partial charge in [0.2, 0.25) is 6.43 Å². The van der Waals surface area contributed by atoms with E-state index in [1.54, 1.807) is 0 Å². The smallest absolute Gasteiger partial charge is 0.246 e. The van der Waals surface area contributed by atoms with Gasteiger partial charge in [0.1, 0.15) is 11.5 Å². The quantitative estimate of drug-likeness (QED) is 0.650. The van der Waals surface area contributed by atoms with Gasteiger partial charge < -0.3 is 15.9 Å². The first-order valence-corrected chi connectivity index (χ1v) is 4.06. The highest BCUT2D eigenvalue weighted by Gasteiger charge is 2.23. The van der Waals surface area contributed by atoms with Gasteiger partial charge in [0.25, 0.3) is 0 Å². The van der Waals surface area contributed by atoms with E-state index < -0.39 is 12.3 Å². The summed E-state index contributed by atoms with van der Waals surface area (Å²) in [6.07, 6.45) is -2.66. The minimum absolute atomic E-state index is 0.0255. The summed E-state index contributed by atoms with van der Waals surface area (Å²) in [4.78, 5) is 0. The minimum atomic E-state index is -2.66. The second-order valence-corrected chi connectivity index (χ2v) is 2.92. The number of aromatic hydroxyl groups is 2. The molecule has 0 aliphatic rings. The predicted octanol–water partition coefficient (Wildman–Crippen LogP) is 1.41. The summed E-state index contributed by atoms with van der Waals surface area (Å²) < 4.78 is 24.8. The highest BCUT2D eigenvalue weighted by molar-refractivity contribution is 5.41. The maximum absolute atomic E-state index is 12.4. The number of alkyl halides is 2. The molecule has 1 aromatic rings. The van der Waals surface area contributed by atoms with E-state index in [1.807, 2.05) is 0 Å². The van der Waals surface area contributed by atoms with Gasteiger partial charge in [-0.05, 0) is 18.2 Å². The van der Waals surface area contributed by atoms with Crippen molar-refractivity contribution >= 4 is 0 Å². The molecule has 78 valence electrons. The molecule has 0 radical (unpaired) electrons. The second-order valence-electron chi connectivity index (χ2n) is 2.92. The number of rotatable bonds is 3. The third-order valence-corrected chi connectivity index (χ3v) is 1.97. The zero-order valence-corrected chi connectivity index (χ0v) is 7.32. The SMILES string of the molecule is NCC(c1cc(O)ccc1O)C(F)F. The summed E-state index contributed by atoms with van der Waals surface area (Å²) in [5, 5.41) is 18.4. The Morgan fingerprint density at radius 3 is 2.43 bits per heavy atom. The summed E-state index contributed by atoms with van der Waals surface area (Å²) in [5.74, 6) is -1.70.